The molecule has 0 aliphatic carbocycles. The fourth-order valence-electron chi connectivity index (χ4n) is 3.34. The van der Waals surface area contributed by atoms with Crippen LogP contribution in [0.5, 0.6) is 0 Å². The molecular formula is C19H20N2O2. The van der Waals surface area contributed by atoms with Gasteiger partial charge in [-0.2, -0.15) is 0 Å². The molecule has 1 aliphatic heterocycles. The minimum absolute atomic E-state index is 0.372. The molecule has 118 valence electrons. The second-order valence-corrected chi connectivity index (χ2v) is 6.17. The third kappa shape index (κ3) is 2.94. The Balaban J connectivity index is 1.49. The molecule has 0 radical (unpaired) electrons. The highest BCUT2D eigenvalue weighted by molar-refractivity contribution is 5.57. The number of aryl methyl sites for hydroxylation is 1. The lowest BCUT2D eigenvalue weighted by Crippen LogP contribution is -2.22. The van der Waals surface area contributed by atoms with Gasteiger partial charge < -0.3 is 8.94 Å². The van der Waals surface area contributed by atoms with Gasteiger partial charge in [-0.1, -0.05) is 29.4 Å². The summed E-state index contributed by atoms with van der Waals surface area (Å²) in [5.41, 5.74) is 3.49. The maximum Gasteiger partial charge on any atom is 0.133 e. The normalized spacial score (nSPS) is 18.6. The zero-order valence-electron chi connectivity index (χ0n) is 13.2. The van der Waals surface area contributed by atoms with E-state index in [-0.39, 0.29) is 0 Å². The molecular weight excluding hydrogens is 288 g/mol. The number of nitrogens with zero attached hydrogens (tertiary/aromatic N) is 2. The van der Waals surface area contributed by atoms with E-state index in [2.05, 4.69) is 40.4 Å². The first-order valence-electron chi connectivity index (χ1n) is 8.10. The van der Waals surface area contributed by atoms with E-state index in [1.54, 1.807) is 6.26 Å². The maximum atomic E-state index is 5.44. The summed E-state index contributed by atoms with van der Waals surface area (Å²) in [6.45, 7) is 3.99. The maximum absolute atomic E-state index is 5.44. The zero-order chi connectivity index (χ0) is 15.6. The van der Waals surface area contributed by atoms with E-state index < -0.39 is 0 Å². The van der Waals surface area contributed by atoms with Crippen LogP contribution < -0.4 is 0 Å². The summed E-state index contributed by atoms with van der Waals surface area (Å²) in [4.78, 5) is 2.49. The summed E-state index contributed by atoms with van der Waals surface area (Å²) in [6.07, 6.45) is 4.06. The van der Waals surface area contributed by atoms with E-state index in [1.807, 2.05) is 19.1 Å². The molecule has 0 bridgehead atoms. The van der Waals surface area contributed by atoms with Crippen molar-refractivity contribution >= 4 is 0 Å². The van der Waals surface area contributed by atoms with Crippen LogP contribution in [0.4, 0.5) is 0 Å². The minimum atomic E-state index is 0.372. The molecule has 0 amide bonds. The molecule has 1 atom stereocenters. The first kappa shape index (κ1) is 14.3. The number of hydrogen-bond donors (Lipinski definition) is 0. The average molecular weight is 308 g/mol. The van der Waals surface area contributed by atoms with Crippen LogP contribution in [0.25, 0.3) is 11.3 Å². The molecule has 4 heteroatoms. The number of benzene rings is 1. The van der Waals surface area contributed by atoms with Crippen molar-refractivity contribution < 1.29 is 8.94 Å². The molecule has 0 saturated carbocycles. The average Bonchev–Trinajstić information content (AvgIpc) is 3.29. The Labute approximate surface area is 135 Å². The van der Waals surface area contributed by atoms with Crippen molar-refractivity contribution in [3.63, 3.8) is 0 Å². The van der Waals surface area contributed by atoms with Crippen LogP contribution >= 0.6 is 0 Å². The molecule has 1 aromatic carbocycles. The molecule has 4 rings (SSSR count). The van der Waals surface area contributed by atoms with Gasteiger partial charge in [-0.05, 0) is 44.0 Å². The lowest BCUT2D eigenvalue weighted by Gasteiger charge is -2.22. The van der Waals surface area contributed by atoms with Crippen molar-refractivity contribution in [3.8, 4) is 11.3 Å². The van der Waals surface area contributed by atoms with Crippen LogP contribution in [-0.2, 0) is 6.54 Å². The summed E-state index contributed by atoms with van der Waals surface area (Å²) in [6, 6.07) is 14.9. The Bertz CT molecular complexity index is 759. The van der Waals surface area contributed by atoms with Gasteiger partial charge in [0.1, 0.15) is 17.2 Å². The number of furan rings is 1. The van der Waals surface area contributed by atoms with Gasteiger partial charge in [-0.15, -0.1) is 0 Å². The molecule has 3 aromatic rings. The van der Waals surface area contributed by atoms with Crippen molar-refractivity contribution in [2.75, 3.05) is 6.54 Å². The van der Waals surface area contributed by atoms with Gasteiger partial charge >= 0.3 is 0 Å². The predicted octanol–water partition coefficient (Wildman–Crippen LogP) is 4.58. The Morgan fingerprint density at radius 3 is 2.78 bits per heavy atom. The molecule has 23 heavy (non-hydrogen) atoms. The lowest BCUT2D eigenvalue weighted by molar-refractivity contribution is 0.237. The van der Waals surface area contributed by atoms with Gasteiger partial charge in [0.25, 0.3) is 0 Å². The molecule has 1 fully saturated rings. The van der Waals surface area contributed by atoms with Crippen LogP contribution in [0.3, 0.4) is 0 Å². The Kier molecular flexibility index (Phi) is 3.75. The Morgan fingerprint density at radius 2 is 2.09 bits per heavy atom. The highest BCUT2D eigenvalue weighted by atomic mass is 16.5. The van der Waals surface area contributed by atoms with Crippen molar-refractivity contribution in [2.45, 2.75) is 32.4 Å². The van der Waals surface area contributed by atoms with Gasteiger partial charge in [0.15, 0.2) is 0 Å². The molecule has 0 N–H and O–H groups in total. The molecule has 1 aliphatic rings. The van der Waals surface area contributed by atoms with Gasteiger partial charge in [0, 0.05) is 18.2 Å². The van der Waals surface area contributed by atoms with Crippen LogP contribution in [0.15, 0.2) is 57.7 Å². The van der Waals surface area contributed by atoms with E-state index in [0.717, 1.165) is 42.3 Å². The second-order valence-electron chi connectivity index (χ2n) is 6.17. The number of rotatable bonds is 4. The number of hydrogen-bond acceptors (Lipinski definition) is 4. The summed E-state index contributed by atoms with van der Waals surface area (Å²) in [5.74, 6) is 1.79. The van der Waals surface area contributed by atoms with Crippen LogP contribution in [0.2, 0.25) is 0 Å². The number of aromatic nitrogens is 1. The van der Waals surface area contributed by atoms with Gasteiger partial charge in [0.05, 0.1) is 12.3 Å². The van der Waals surface area contributed by atoms with E-state index >= 15 is 0 Å². The first-order chi connectivity index (χ1) is 11.3. The Hall–Kier alpha value is -2.33. The van der Waals surface area contributed by atoms with E-state index in [9.17, 15) is 0 Å². The minimum Gasteiger partial charge on any atom is -0.464 e. The summed E-state index contributed by atoms with van der Waals surface area (Å²) < 4.78 is 10.7. The largest absolute Gasteiger partial charge is 0.464 e. The third-order valence-corrected chi connectivity index (χ3v) is 4.50. The predicted molar refractivity (Wildman–Crippen MR) is 87.8 cm³/mol. The highest BCUT2D eigenvalue weighted by Crippen LogP contribution is 2.33. The molecule has 3 heterocycles. The summed E-state index contributed by atoms with van der Waals surface area (Å²) >= 11 is 0. The Morgan fingerprint density at radius 1 is 1.22 bits per heavy atom. The summed E-state index contributed by atoms with van der Waals surface area (Å²) in [5, 5.41) is 4.21. The number of likely N-dealkylation sites (tertiary alicyclic amines) is 1. The van der Waals surface area contributed by atoms with Crippen molar-refractivity contribution in [1.29, 1.82) is 0 Å². The van der Waals surface area contributed by atoms with Gasteiger partial charge in [0.2, 0.25) is 0 Å². The third-order valence-electron chi connectivity index (χ3n) is 4.50. The fraction of sp³-hybridized carbons (Fsp3) is 0.316. The van der Waals surface area contributed by atoms with Crippen molar-refractivity contribution in [3.05, 3.63) is 65.7 Å². The molecule has 0 unspecified atom stereocenters. The first-order valence-corrected chi connectivity index (χ1v) is 8.10. The molecule has 2 aromatic heterocycles. The molecule has 4 nitrogen and oxygen atoms in total. The van der Waals surface area contributed by atoms with Crippen molar-refractivity contribution in [2.24, 2.45) is 0 Å². The van der Waals surface area contributed by atoms with Gasteiger partial charge in [-0.25, -0.2) is 0 Å². The fourth-order valence-corrected chi connectivity index (χ4v) is 3.34. The highest BCUT2D eigenvalue weighted by Gasteiger charge is 2.28. The summed E-state index contributed by atoms with van der Waals surface area (Å²) in [7, 11) is 0. The van der Waals surface area contributed by atoms with Crippen molar-refractivity contribution in [1.82, 2.24) is 10.1 Å². The SMILES string of the molecule is Cc1cc([C@@H]2CCCN2Cc2ccc(-c3ccco3)cc2)no1. The molecule has 1 saturated heterocycles. The zero-order valence-corrected chi connectivity index (χ0v) is 13.2. The quantitative estimate of drug-likeness (QED) is 0.707. The van der Waals surface area contributed by atoms with E-state index in [0.29, 0.717) is 6.04 Å². The molecule has 0 spiro atoms. The van der Waals surface area contributed by atoms with E-state index in [1.165, 1.54) is 12.0 Å². The van der Waals surface area contributed by atoms with Crippen LogP contribution in [0, 0.1) is 6.92 Å². The smallest absolute Gasteiger partial charge is 0.133 e. The second kappa shape index (κ2) is 6.05. The standard InChI is InChI=1S/C19H20N2O2/c1-14-12-17(20-23-14)18-4-2-10-21(18)13-15-6-8-16(9-7-15)19-5-3-11-22-19/h3,5-9,11-12,18H,2,4,10,13H2,1H3/t18-/m0/s1. The monoisotopic (exact) mass is 308 g/mol. The van der Waals surface area contributed by atoms with E-state index in [4.69, 9.17) is 8.94 Å². The van der Waals surface area contributed by atoms with Gasteiger partial charge in [-0.3, -0.25) is 4.90 Å². The topological polar surface area (TPSA) is 42.4 Å². The lowest BCUT2D eigenvalue weighted by atomic mass is 10.1. The van der Waals surface area contributed by atoms with Crippen LogP contribution in [0.1, 0.15) is 35.9 Å². The van der Waals surface area contributed by atoms with Crippen LogP contribution in [-0.4, -0.2) is 16.6 Å².